The summed E-state index contributed by atoms with van der Waals surface area (Å²) in [7, 11) is 0. The molecule has 0 saturated carbocycles. The second-order valence-corrected chi connectivity index (χ2v) is 5.25. The summed E-state index contributed by atoms with van der Waals surface area (Å²) in [5.74, 6) is -1.54. The molecule has 3 nitrogen and oxygen atoms in total. The highest BCUT2D eigenvalue weighted by atomic mass is 35.5. The average molecular weight is 323 g/mol. The van der Waals surface area contributed by atoms with Crippen LogP contribution >= 0.6 is 11.6 Å². The first-order valence-electron chi connectivity index (χ1n) is 6.90. The molecule has 0 aliphatic heterocycles. The fourth-order valence-corrected chi connectivity index (χ4v) is 2.48. The zero-order valence-corrected chi connectivity index (χ0v) is 12.8. The molecule has 1 atom stereocenters. The summed E-state index contributed by atoms with van der Waals surface area (Å²) < 4.78 is 18.3. The van der Waals surface area contributed by atoms with Gasteiger partial charge < -0.3 is 9.84 Å². The first kappa shape index (κ1) is 16.3. The molecule has 0 bridgehead atoms. The van der Waals surface area contributed by atoms with Gasteiger partial charge in [-0.1, -0.05) is 29.8 Å². The van der Waals surface area contributed by atoms with Crippen LogP contribution in [0.1, 0.15) is 24.0 Å². The molecular formula is C17H16ClFO3. The number of aliphatic carboxylic acids is 1. The van der Waals surface area contributed by atoms with Crippen molar-refractivity contribution in [1.82, 2.24) is 0 Å². The molecule has 5 heteroatoms. The van der Waals surface area contributed by atoms with Crippen LogP contribution in [0.5, 0.6) is 5.75 Å². The summed E-state index contributed by atoms with van der Waals surface area (Å²) in [5, 5.41) is 9.86. The van der Waals surface area contributed by atoms with Gasteiger partial charge in [-0.05, 0) is 48.7 Å². The van der Waals surface area contributed by atoms with E-state index in [9.17, 15) is 14.3 Å². The van der Waals surface area contributed by atoms with Gasteiger partial charge in [0, 0.05) is 0 Å². The molecule has 0 aromatic heterocycles. The standard InChI is InChI=1S/C17H16ClFO3/c1-2-22-16-8-3-11(10-15(16)18)9-14(17(20)21)12-4-6-13(19)7-5-12/h3-8,10,14H,2,9H2,1H3,(H,20,21). The van der Waals surface area contributed by atoms with Crippen LogP contribution in [-0.2, 0) is 11.2 Å². The number of halogens is 2. The van der Waals surface area contributed by atoms with Crippen molar-refractivity contribution in [2.24, 2.45) is 0 Å². The number of carbonyl (C=O) groups is 1. The maximum Gasteiger partial charge on any atom is 0.311 e. The molecule has 0 saturated heterocycles. The maximum atomic E-state index is 13.0. The highest BCUT2D eigenvalue weighted by molar-refractivity contribution is 6.32. The normalized spacial score (nSPS) is 12.0. The second kappa shape index (κ2) is 7.27. The lowest BCUT2D eigenvalue weighted by atomic mass is 9.92. The summed E-state index contributed by atoms with van der Waals surface area (Å²) in [6.45, 7) is 2.37. The Labute approximate surface area is 133 Å². The van der Waals surface area contributed by atoms with Gasteiger partial charge in [0.2, 0.25) is 0 Å². The molecular weight excluding hydrogens is 307 g/mol. The molecule has 22 heavy (non-hydrogen) atoms. The fraction of sp³-hybridized carbons (Fsp3) is 0.235. The Kier molecular flexibility index (Phi) is 5.39. The van der Waals surface area contributed by atoms with E-state index < -0.39 is 17.7 Å². The third-order valence-electron chi connectivity index (χ3n) is 3.31. The molecule has 0 fully saturated rings. The van der Waals surface area contributed by atoms with Crippen LogP contribution in [0.2, 0.25) is 5.02 Å². The van der Waals surface area contributed by atoms with Crippen LogP contribution in [0.3, 0.4) is 0 Å². The number of ether oxygens (including phenoxy) is 1. The highest BCUT2D eigenvalue weighted by Crippen LogP contribution is 2.28. The van der Waals surface area contributed by atoms with Gasteiger partial charge in [-0.25, -0.2) is 4.39 Å². The molecule has 116 valence electrons. The minimum atomic E-state index is -0.961. The number of carboxylic acids is 1. The maximum absolute atomic E-state index is 13.0. The van der Waals surface area contributed by atoms with Gasteiger partial charge in [-0.15, -0.1) is 0 Å². The predicted octanol–water partition coefficient (Wildman–Crippen LogP) is 4.29. The lowest BCUT2D eigenvalue weighted by Gasteiger charge is -2.14. The Morgan fingerprint density at radius 1 is 1.27 bits per heavy atom. The average Bonchev–Trinajstić information content (AvgIpc) is 2.48. The van der Waals surface area contributed by atoms with Gasteiger partial charge >= 0.3 is 5.97 Å². The Morgan fingerprint density at radius 2 is 1.95 bits per heavy atom. The minimum Gasteiger partial charge on any atom is -0.492 e. The molecule has 0 aliphatic rings. The number of hydrogen-bond acceptors (Lipinski definition) is 2. The Balaban J connectivity index is 2.23. The van der Waals surface area contributed by atoms with Crippen molar-refractivity contribution in [3.63, 3.8) is 0 Å². The van der Waals surface area contributed by atoms with Crippen LogP contribution in [0, 0.1) is 5.82 Å². The Hall–Kier alpha value is -2.07. The van der Waals surface area contributed by atoms with Crippen molar-refractivity contribution in [3.8, 4) is 5.75 Å². The number of benzene rings is 2. The minimum absolute atomic E-state index is 0.271. The summed E-state index contributed by atoms with van der Waals surface area (Å²) >= 11 is 6.12. The van der Waals surface area contributed by atoms with E-state index in [0.29, 0.717) is 22.9 Å². The van der Waals surface area contributed by atoms with Gasteiger partial charge in [0.05, 0.1) is 17.5 Å². The third kappa shape index (κ3) is 3.98. The number of rotatable bonds is 6. The van der Waals surface area contributed by atoms with Crippen LogP contribution in [0.15, 0.2) is 42.5 Å². The molecule has 0 amide bonds. The third-order valence-corrected chi connectivity index (χ3v) is 3.60. The summed E-state index contributed by atoms with van der Waals surface area (Å²) in [5.41, 5.74) is 1.34. The van der Waals surface area contributed by atoms with Gasteiger partial charge in [0.25, 0.3) is 0 Å². The predicted molar refractivity (Wildman–Crippen MR) is 83.1 cm³/mol. The number of hydrogen-bond donors (Lipinski definition) is 1. The molecule has 0 spiro atoms. The van der Waals surface area contributed by atoms with Crippen molar-refractivity contribution in [2.45, 2.75) is 19.3 Å². The summed E-state index contributed by atoms with van der Waals surface area (Å²) in [6, 6.07) is 10.7. The van der Waals surface area contributed by atoms with E-state index in [1.165, 1.54) is 24.3 Å². The highest BCUT2D eigenvalue weighted by Gasteiger charge is 2.21. The van der Waals surface area contributed by atoms with E-state index in [-0.39, 0.29) is 6.42 Å². The van der Waals surface area contributed by atoms with Crippen LogP contribution in [-0.4, -0.2) is 17.7 Å². The molecule has 1 N–H and O–H groups in total. The van der Waals surface area contributed by atoms with Crippen molar-refractivity contribution in [2.75, 3.05) is 6.61 Å². The molecule has 0 aliphatic carbocycles. The monoisotopic (exact) mass is 322 g/mol. The summed E-state index contributed by atoms with van der Waals surface area (Å²) in [4.78, 5) is 11.5. The SMILES string of the molecule is CCOc1ccc(CC(C(=O)O)c2ccc(F)cc2)cc1Cl. The molecule has 1 unspecified atom stereocenters. The van der Waals surface area contributed by atoms with E-state index in [2.05, 4.69) is 0 Å². The zero-order chi connectivity index (χ0) is 16.1. The van der Waals surface area contributed by atoms with Gasteiger partial charge in [-0.3, -0.25) is 4.79 Å². The molecule has 0 heterocycles. The Morgan fingerprint density at radius 3 is 2.50 bits per heavy atom. The first-order valence-corrected chi connectivity index (χ1v) is 7.28. The largest absolute Gasteiger partial charge is 0.492 e. The van der Waals surface area contributed by atoms with Gasteiger partial charge in [-0.2, -0.15) is 0 Å². The van der Waals surface area contributed by atoms with E-state index in [1.807, 2.05) is 6.92 Å². The van der Waals surface area contributed by atoms with Gasteiger partial charge in [0.1, 0.15) is 11.6 Å². The first-order chi connectivity index (χ1) is 10.5. The number of carboxylic acid groups (broad SMARTS) is 1. The van der Waals surface area contributed by atoms with Crippen molar-refractivity contribution < 1.29 is 19.0 Å². The van der Waals surface area contributed by atoms with E-state index >= 15 is 0 Å². The molecule has 2 aromatic carbocycles. The Bertz CT molecular complexity index is 655. The van der Waals surface area contributed by atoms with E-state index in [4.69, 9.17) is 16.3 Å². The molecule has 0 radical (unpaired) electrons. The fourth-order valence-electron chi connectivity index (χ4n) is 2.22. The lowest BCUT2D eigenvalue weighted by Crippen LogP contribution is -2.14. The van der Waals surface area contributed by atoms with Gasteiger partial charge in [0.15, 0.2) is 0 Å². The van der Waals surface area contributed by atoms with Crippen LogP contribution < -0.4 is 4.74 Å². The topological polar surface area (TPSA) is 46.5 Å². The lowest BCUT2D eigenvalue weighted by molar-refractivity contribution is -0.138. The second-order valence-electron chi connectivity index (χ2n) is 4.84. The molecule has 2 aromatic rings. The van der Waals surface area contributed by atoms with Crippen LogP contribution in [0.25, 0.3) is 0 Å². The summed E-state index contributed by atoms with van der Waals surface area (Å²) in [6.07, 6.45) is 0.271. The van der Waals surface area contributed by atoms with E-state index in [1.54, 1.807) is 18.2 Å². The molecule has 2 rings (SSSR count). The zero-order valence-electron chi connectivity index (χ0n) is 12.1. The van der Waals surface area contributed by atoms with Crippen molar-refractivity contribution in [3.05, 3.63) is 64.4 Å². The van der Waals surface area contributed by atoms with Crippen molar-refractivity contribution >= 4 is 17.6 Å². The quantitative estimate of drug-likeness (QED) is 0.863. The smallest absolute Gasteiger partial charge is 0.311 e. The van der Waals surface area contributed by atoms with E-state index in [0.717, 1.165) is 5.56 Å². The van der Waals surface area contributed by atoms with Crippen LogP contribution in [0.4, 0.5) is 4.39 Å². The van der Waals surface area contributed by atoms with Crippen molar-refractivity contribution in [1.29, 1.82) is 0 Å².